The van der Waals surface area contributed by atoms with E-state index in [-0.39, 0.29) is 18.9 Å². The summed E-state index contributed by atoms with van der Waals surface area (Å²) in [7, 11) is 0. The molecule has 1 radical (unpaired) electrons. The third kappa shape index (κ3) is 2.65. The van der Waals surface area contributed by atoms with E-state index in [4.69, 9.17) is 0 Å². The monoisotopic (exact) mass is 230 g/mol. The molecule has 1 heterocycles. The zero-order valence-corrected chi connectivity index (χ0v) is 6.02. The molecule has 0 spiro atoms. The van der Waals surface area contributed by atoms with Crippen molar-refractivity contribution in [3.05, 3.63) is 27.8 Å². The van der Waals surface area contributed by atoms with E-state index in [1.54, 1.807) is 6.07 Å². The fourth-order valence-electron chi connectivity index (χ4n) is 0.329. The Morgan fingerprint density at radius 1 is 1.67 bits per heavy atom. The molecule has 0 amide bonds. The predicted octanol–water partition coefficient (Wildman–Crippen LogP) is 0.977. The number of nitrogens with zero attached hydrogens (tertiary/aromatic N) is 1. The van der Waals surface area contributed by atoms with Gasteiger partial charge in [0.2, 0.25) is 5.95 Å². The first kappa shape index (κ1) is 9.41. The molecule has 0 N–H and O–H groups in total. The summed E-state index contributed by atoms with van der Waals surface area (Å²) >= 11 is 1.83. The predicted molar refractivity (Wildman–Crippen MR) is 42.9 cm³/mol. The first-order valence-electron chi connectivity index (χ1n) is 1.98. The Hall–Kier alpha value is 0.407. The van der Waals surface area contributed by atoms with E-state index >= 15 is 0 Å². The second-order valence-electron chi connectivity index (χ2n) is 1.19. The second kappa shape index (κ2) is 4.26. The molecule has 0 aliphatic rings. The quantitative estimate of drug-likeness (QED) is 0.367. The summed E-state index contributed by atoms with van der Waals surface area (Å²) in [5.41, 5.74) is 0. The molecule has 43 valence electrons. The molecule has 0 bridgehead atoms. The van der Waals surface area contributed by atoms with E-state index in [1.807, 2.05) is 22.6 Å². The number of hydrogen-bond acceptors (Lipinski definition) is 1. The molecule has 4 heteroatoms. The molecule has 1 aromatic rings. The van der Waals surface area contributed by atoms with Crippen molar-refractivity contribution in [2.24, 2.45) is 0 Å². The van der Waals surface area contributed by atoms with Gasteiger partial charge < -0.3 is 0 Å². The standard InChI is InChI=1S/C5H2FIN.Li.H/c6-5-4(7)2-1-3-8-5;;/h1,3H;;. The van der Waals surface area contributed by atoms with Gasteiger partial charge in [-0.15, -0.1) is 0 Å². The van der Waals surface area contributed by atoms with Crippen LogP contribution in [-0.2, 0) is 0 Å². The Bertz CT molecular complexity index is 173. The van der Waals surface area contributed by atoms with Gasteiger partial charge in [0.1, 0.15) is 0 Å². The van der Waals surface area contributed by atoms with Crippen molar-refractivity contribution in [1.29, 1.82) is 0 Å². The van der Waals surface area contributed by atoms with Crippen LogP contribution in [0.15, 0.2) is 12.3 Å². The topological polar surface area (TPSA) is 12.9 Å². The van der Waals surface area contributed by atoms with Crippen molar-refractivity contribution < 1.29 is 4.39 Å². The summed E-state index contributed by atoms with van der Waals surface area (Å²) in [5.74, 6) is -0.451. The summed E-state index contributed by atoms with van der Waals surface area (Å²) in [6.07, 6.45) is 1.37. The molecule has 0 saturated carbocycles. The van der Waals surface area contributed by atoms with Gasteiger partial charge in [0.05, 0.1) is 3.57 Å². The molecule has 0 aliphatic carbocycles. The fourth-order valence-corrected chi connectivity index (χ4v) is 0.648. The minimum absolute atomic E-state index is 0. The molecule has 9 heavy (non-hydrogen) atoms. The molecule has 1 nitrogen and oxygen atoms in total. The van der Waals surface area contributed by atoms with Crippen molar-refractivity contribution in [3.63, 3.8) is 0 Å². The van der Waals surface area contributed by atoms with Crippen LogP contribution in [0.25, 0.3) is 0 Å². The SMILES string of the molecule is Fc1ncc[c]c1I.[LiH]. The molecule has 0 saturated heterocycles. The zero-order valence-electron chi connectivity index (χ0n) is 3.86. The summed E-state index contributed by atoms with van der Waals surface area (Å²) in [4.78, 5) is 3.37. The zero-order chi connectivity index (χ0) is 5.98. The van der Waals surface area contributed by atoms with Crippen molar-refractivity contribution in [2.75, 3.05) is 0 Å². The molecule has 0 unspecified atom stereocenters. The van der Waals surface area contributed by atoms with Gasteiger partial charge in [-0.25, -0.2) is 4.98 Å². The summed E-state index contributed by atoms with van der Waals surface area (Å²) < 4.78 is 12.6. The van der Waals surface area contributed by atoms with Gasteiger partial charge in [-0.2, -0.15) is 4.39 Å². The molecular formula is C5H3FILiN. The van der Waals surface area contributed by atoms with E-state index in [1.165, 1.54) is 6.20 Å². The minimum atomic E-state index is -0.451. The molecule has 0 atom stereocenters. The van der Waals surface area contributed by atoms with Crippen LogP contribution in [0.1, 0.15) is 0 Å². The molecule has 0 aromatic carbocycles. The molecule has 0 aliphatic heterocycles. The molecule has 1 rings (SSSR count). The fraction of sp³-hybridized carbons (Fsp3) is 0. The third-order valence-corrected chi connectivity index (χ3v) is 1.41. The van der Waals surface area contributed by atoms with Gasteiger partial charge in [-0.1, -0.05) is 0 Å². The van der Waals surface area contributed by atoms with Gasteiger partial charge in [0.25, 0.3) is 0 Å². The Balaban J connectivity index is 0.000000640. The number of halogens is 2. The average Bonchev–Trinajstić information content (AvgIpc) is 1.77. The molecule has 0 fully saturated rings. The van der Waals surface area contributed by atoms with Crippen LogP contribution in [0.2, 0.25) is 0 Å². The van der Waals surface area contributed by atoms with Crippen LogP contribution in [-0.4, -0.2) is 23.8 Å². The van der Waals surface area contributed by atoms with E-state index in [2.05, 4.69) is 11.1 Å². The van der Waals surface area contributed by atoms with E-state index in [9.17, 15) is 4.39 Å². The summed E-state index contributed by atoms with van der Waals surface area (Å²) in [6.45, 7) is 0. The van der Waals surface area contributed by atoms with Crippen molar-refractivity contribution in [2.45, 2.75) is 0 Å². The van der Waals surface area contributed by atoms with Gasteiger partial charge in [-0.3, -0.25) is 0 Å². The summed E-state index contributed by atoms with van der Waals surface area (Å²) in [5, 5.41) is 0. The van der Waals surface area contributed by atoms with E-state index < -0.39 is 5.95 Å². The summed E-state index contributed by atoms with van der Waals surface area (Å²) in [6, 6.07) is 4.22. The number of rotatable bonds is 0. The van der Waals surface area contributed by atoms with Gasteiger partial charge in [0, 0.05) is 12.3 Å². The van der Waals surface area contributed by atoms with Crippen molar-refractivity contribution in [3.8, 4) is 0 Å². The van der Waals surface area contributed by atoms with Crippen molar-refractivity contribution >= 4 is 41.5 Å². The van der Waals surface area contributed by atoms with Crippen LogP contribution in [0.5, 0.6) is 0 Å². The number of hydrogen-bond donors (Lipinski definition) is 0. The second-order valence-corrected chi connectivity index (χ2v) is 2.27. The maximum absolute atomic E-state index is 12.2. The van der Waals surface area contributed by atoms with Crippen LogP contribution < -0.4 is 0 Å². The first-order chi connectivity index (χ1) is 3.80. The normalized spacial score (nSPS) is 8.22. The molecular weight excluding hydrogens is 227 g/mol. The number of pyridine rings is 1. The van der Waals surface area contributed by atoms with Crippen LogP contribution in [0.3, 0.4) is 0 Å². The molecule has 1 aromatic heterocycles. The maximum atomic E-state index is 12.2. The van der Waals surface area contributed by atoms with Crippen LogP contribution in [0.4, 0.5) is 4.39 Å². The van der Waals surface area contributed by atoms with Crippen molar-refractivity contribution in [1.82, 2.24) is 4.98 Å². The Kier molecular flexibility index (Phi) is 4.45. The Labute approximate surface area is 78.4 Å². The van der Waals surface area contributed by atoms with Gasteiger partial charge in [-0.05, 0) is 28.7 Å². The van der Waals surface area contributed by atoms with E-state index in [0.29, 0.717) is 3.57 Å². The van der Waals surface area contributed by atoms with Gasteiger partial charge in [0.15, 0.2) is 0 Å². The van der Waals surface area contributed by atoms with Crippen LogP contribution >= 0.6 is 22.6 Å². The third-order valence-electron chi connectivity index (χ3n) is 0.654. The first-order valence-corrected chi connectivity index (χ1v) is 3.06. The average molecular weight is 230 g/mol. The Morgan fingerprint density at radius 3 is 2.67 bits per heavy atom. The van der Waals surface area contributed by atoms with Gasteiger partial charge >= 0.3 is 18.9 Å². The van der Waals surface area contributed by atoms with Crippen LogP contribution in [0, 0.1) is 15.6 Å². The van der Waals surface area contributed by atoms with E-state index in [0.717, 1.165) is 0 Å². The Morgan fingerprint density at radius 2 is 2.33 bits per heavy atom. The number of aromatic nitrogens is 1.